The number of hydrogen-bond donors (Lipinski definition) is 0. The van der Waals surface area contributed by atoms with Crippen molar-refractivity contribution in [2.24, 2.45) is 11.8 Å². The maximum Gasteiger partial charge on any atom is 0.415 e. The fraction of sp³-hybridized carbons (Fsp3) is 0.375. The van der Waals surface area contributed by atoms with Gasteiger partial charge in [-0.3, -0.25) is 14.9 Å². The van der Waals surface area contributed by atoms with E-state index in [1.165, 1.54) is 26.4 Å². The zero-order valence-corrected chi connectivity index (χ0v) is 24.7. The van der Waals surface area contributed by atoms with E-state index in [1.54, 1.807) is 29.2 Å². The Morgan fingerprint density at radius 3 is 2.24 bits per heavy atom. The van der Waals surface area contributed by atoms with E-state index < -0.39 is 16.9 Å². The number of carbonyl (C=O) groups excluding carboxylic acids is 2. The van der Waals surface area contributed by atoms with Crippen LogP contribution in [0.1, 0.15) is 22.6 Å². The Balaban J connectivity index is 1.13. The lowest BCUT2D eigenvalue weighted by molar-refractivity contribution is -0.384. The molecule has 1 aliphatic carbocycles. The lowest BCUT2D eigenvalue weighted by Crippen LogP contribution is -2.49. The summed E-state index contributed by atoms with van der Waals surface area (Å²) >= 11 is 0. The smallest absolute Gasteiger partial charge is 0.415 e. The molecule has 3 heterocycles. The molecule has 0 spiro atoms. The summed E-state index contributed by atoms with van der Waals surface area (Å²) in [6, 6.07) is 13.8. The number of benzene rings is 3. The number of nitro benzene ring substituents is 1. The lowest BCUT2D eigenvalue weighted by Gasteiger charge is -2.35. The fourth-order valence-corrected chi connectivity index (χ4v) is 6.77. The van der Waals surface area contributed by atoms with Crippen molar-refractivity contribution in [3.8, 4) is 28.7 Å². The number of ether oxygens (including phenoxy) is 6. The zero-order valence-electron chi connectivity index (χ0n) is 24.7. The van der Waals surface area contributed by atoms with Crippen molar-refractivity contribution in [3.63, 3.8) is 0 Å². The number of non-ortho nitro benzene ring substituents is 1. The van der Waals surface area contributed by atoms with Crippen LogP contribution in [0.2, 0.25) is 0 Å². The summed E-state index contributed by atoms with van der Waals surface area (Å²) in [4.78, 5) is 40.6. The van der Waals surface area contributed by atoms with E-state index in [4.69, 9.17) is 28.4 Å². The second-order valence-electron chi connectivity index (χ2n) is 11.4. The minimum absolute atomic E-state index is 0.00506. The van der Waals surface area contributed by atoms with E-state index in [1.807, 2.05) is 12.1 Å². The third-order valence-electron chi connectivity index (χ3n) is 9.03. The number of piperazine rings is 1. The van der Waals surface area contributed by atoms with E-state index in [9.17, 15) is 19.7 Å². The summed E-state index contributed by atoms with van der Waals surface area (Å²) < 4.78 is 34.1. The summed E-state index contributed by atoms with van der Waals surface area (Å²) in [7, 11) is 2.97. The molecule has 234 valence electrons. The summed E-state index contributed by atoms with van der Waals surface area (Å²) in [5, 5.41) is 11.0. The highest BCUT2D eigenvalue weighted by atomic mass is 16.7. The van der Waals surface area contributed by atoms with Gasteiger partial charge in [-0.1, -0.05) is 0 Å². The molecule has 3 atom stereocenters. The van der Waals surface area contributed by atoms with Gasteiger partial charge in [0.2, 0.25) is 12.5 Å². The molecule has 2 fully saturated rings. The van der Waals surface area contributed by atoms with Crippen molar-refractivity contribution in [1.82, 2.24) is 4.90 Å². The number of rotatable bonds is 6. The number of carbonyl (C=O) groups is 2. The van der Waals surface area contributed by atoms with E-state index in [0.29, 0.717) is 50.7 Å². The van der Waals surface area contributed by atoms with Crippen LogP contribution in [0.15, 0.2) is 48.5 Å². The molecule has 45 heavy (non-hydrogen) atoms. The number of esters is 1. The molecule has 3 aliphatic heterocycles. The third-order valence-corrected chi connectivity index (χ3v) is 9.03. The average Bonchev–Trinajstić information content (AvgIpc) is 3.68. The second kappa shape index (κ2) is 11.4. The van der Waals surface area contributed by atoms with Crippen molar-refractivity contribution >= 4 is 23.4 Å². The maximum absolute atomic E-state index is 13.3. The molecule has 0 saturated carbocycles. The first-order valence-electron chi connectivity index (χ1n) is 14.7. The predicted molar refractivity (Wildman–Crippen MR) is 159 cm³/mol. The Morgan fingerprint density at radius 1 is 0.933 bits per heavy atom. The SMILES string of the molecule is COc1cc([C@@H]2c3cc4c(cc3C[C@H]3COC(=O)[C@@H]32)OCO4)cc(OC)c1OC(=O)N1CCN(c2ccc([N+](=O)[O-])cc2)CC1. The van der Waals surface area contributed by atoms with Crippen molar-refractivity contribution in [2.45, 2.75) is 12.3 Å². The number of hydrogen-bond acceptors (Lipinski definition) is 11. The zero-order chi connectivity index (χ0) is 31.2. The van der Waals surface area contributed by atoms with Gasteiger partial charge in [0, 0.05) is 55.8 Å². The van der Waals surface area contributed by atoms with Crippen LogP contribution in [0.5, 0.6) is 28.7 Å². The molecular weight excluding hydrogens is 586 g/mol. The van der Waals surface area contributed by atoms with Crippen LogP contribution in [-0.4, -0.2) is 75.7 Å². The van der Waals surface area contributed by atoms with Crippen LogP contribution >= 0.6 is 0 Å². The summed E-state index contributed by atoms with van der Waals surface area (Å²) in [5.41, 5.74) is 3.63. The van der Waals surface area contributed by atoms with Crippen molar-refractivity contribution in [3.05, 3.63) is 75.3 Å². The maximum atomic E-state index is 13.3. The topological polar surface area (TPSA) is 139 Å². The first-order chi connectivity index (χ1) is 21.8. The van der Waals surface area contributed by atoms with Gasteiger partial charge in [-0.2, -0.15) is 0 Å². The molecule has 7 rings (SSSR count). The molecular formula is C32H31N3O10. The van der Waals surface area contributed by atoms with Crippen LogP contribution in [0.4, 0.5) is 16.2 Å². The molecule has 2 saturated heterocycles. The van der Waals surface area contributed by atoms with Crippen LogP contribution in [-0.2, 0) is 16.0 Å². The Labute approximate surface area is 258 Å². The van der Waals surface area contributed by atoms with Crippen LogP contribution in [0, 0.1) is 22.0 Å². The first kappa shape index (κ1) is 28.6. The Kier molecular flexibility index (Phi) is 7.22. The van der Waals surface area contributed by atoms with Gasteiger partial charge in [0.25, 0.3) is 5.69 Å². The third kappa shape index (κ3) is 5.07. The molecule has 13 heteroatoms. The van der Waals surface area contributed by atoms with Gasteiger partial charge in [0.05, 0.1) is 31.7 Å². The van der Waals surface area contributed by atoms with Gasteiger partial charge in [0.15, 0.2) is 23.0 Å². The van der Waals surface area contributed by atoms with Gasteiger partial charge < -0.3 is 38.2 Å². The number of cyclic esters (lactones) is 1. The highest BCUT2D eigenvalue weighted by molar-refractivity contribution is 5.79. The molecule has 4 aliphatic rings. The van der Waals surface area contributed by atoms with Crippen LogP contribution in [0.25, 0.3) is 0 Å². The summed E-state index contributed by atoms with van der Waals surface area (Å²) in [6.07, 6.45) is 0.123. The van der Waals surface area contributed by atoms with Crippen molar-refractivity contribution in [2.75, 3.05) is 58.7 Å². The first-order valence-corrected chi connectivity index (χ1v) is 14.7. The molecule has 0 unspecified atom stereocenters. The molecule has 3 aromatic carbocycles. The highest BCUT2D eigenvalue weighted by Gasteiger charge is 2.48. The quantitative estimate of drug-likeness (QED) is 0.224. The Morgan fingerprint density at radius 2 is 1.60 bits per heavy atom. The predicted octanol–water partition coefficient (Wildman–Crippen LogP) is 4.14. The number of anilines is 1. The van der Waals surface area contributed by atoms with Crippen molar-refractivity contribution < 1.29 is 42.9 Å². The largest absolute Gasteiger partial charge is 0.493 e. The average molecular weight is 618 g/mol. The molecule has 0 aromatic heterocycles. The monoisotopic (exact) mass is 617 g/mol. The standard InChI is InChI=1S/C32H31N3O10/c1-40-26-13-19(28-23-15-25-24(43-17-44-25)12-18(23)11-20-16-42-31(36)29(20)28)14-27(41-2)30(26)45-32(37)34-9-7-33(8-10-34)21-3-5-22(6-4-21)35(38)39/h3-6,12-15,20,28-29H,7-11,16-17H2,1-2H3/t20-,28+,29-/m0/s1. The van der Waals surface area contributed by atoms with Gasteiger partial charge in [-0.05, 0) is 59.5 Å². The highest BCUT2D eigenvalue weighted by Crippen LogP contribution is 2.52. The Hall–Kier alpha value is -5.20. The minimum Gasteiger partial charge on any atom is -0.493 e. The molecule has 1 amide bonds. The molecule has 3 aromatic rings. The number of amides is 1. The normalized spacial score (nSPS) is 21.5. The molecule has 0 radical (unpaired) electrons. The van der Waals surface area contributed by atoms with Crippen LogP contribution < -0.4 is 28.6 Å². The van der Waals surface area contributed by atoms with Gasteiger partial charge in [-0.15, -0.1) is 0 Å². The number of nitro groups is 1. The number of nitrogens with zero attached hydrogens (tertiary/aromatic N) is 3. The lowest BCUT2D eigenvalue weighted by atomic mass is 9.67. The molecule has 0 bridgehead atoms. The molecule has 0 N–H and O–H groups in total. The Bertz CT molecular complexity index is 1640. The van der Waals surface area contributed by atoms with E-state index in [-0.39, 0.29) is 47.5 Å². The molecule has 13 nitrogen and oxygen atoms in total. The van der Waals surface area contributed by atoms with Gasteiger partial charge in [-0.25, -0.2) is 4.79 Å². The number of fused-ring (bicyclic) bond motifs is 3. The van der Waals surface area contributed by atoms with Gasteiger partial charge in [0.1, 0.15) is 0 Å². The summed E-state index contributed by atoms with van der Waals surface area (Å²) in [6.45, 7) is 2.31. The van der Waals surface area contributed by atoms with Crippen molar-refractivity contribution in [1.29, 1.82) is 0 Å². The van der Waals surface area contributed by atoms with Crippen LogP contribution in [0.3, 0.4) is 0 Å². The van der Waals surface area contributed by atoms with Gasteiger partial charge >= 0.3 is 12.1 Å². The van der Waals surface area contributed by atoms with E-state index in [2.05, 4.69) is 4.90 Å². The fourth-order valence-electron chi connectivity index (χ4n) is 6.77. The van der Waals surface area contributed by atoms with E-state index in [0.717, 1.165) is 22.4 Å². The minimum atomic E-state index is -0.558. The second-order valence-corrected chi connectivity index (χ2v) is 11.4. The summed E-state index contributed by atoms with van der Waals surface area (Å²) in [5.74, 6) is 0.985. The van der Waals surface area contributed by atoms with E-state index >= 15 is 0 Å². The number of methoxy groups -OCH3 is 2.